The molecule has 34 heavy (non-hydrogen) atoms. The average Bonchev–Trinajstić information content (AvgIpc) is 3.27. The minimum Gasteiger partial charge on any atom is -0.484 e. The van der Waals surface area contributed by atoms with Gasteiger partial charge in [0.25, 0.3) is 11.5 Å². The summed E-state index contributed by atoms with van der Waals surface area (Å²) in [6, 6.07) is 17.5. The number of H-pyrrole nitrogens is 1. The highest BCUT2D eigenvalue weighted by molar-refractivity contribution is 5.78. The number of fused-ring (bicyclic) bond motifs is 1. The number of aromatic nitrogens is 5. The molecule has 9 heteroatoms. The summed E-state index contributed by atoms with van der Waals surface area (Å²) in [7, 11) is 0. The van der Waals surface area contributed by atoms with E-state index in [-0.39, 0.29) is 29.5 Å². The van der Waals surface area contributed by atoms with E-state index in [9.17, 15) is 9.59 Å². The topological polar surface area (TPSA) is 106 Å². The monoisotopic (exact) mass is 458 g/mol. The second-order valence-corrected chi connectivity index (χ2v) is 8.64. The van der Waals surface area contributed by atoms with Gasteiger partial charge in [0.2, 0.25) is 0 Å². The highest BCUT2D eigenvalue weighted by Crippen LogP contribution is 2.25. The molecule has 1 N–H and O–H groups in total. The Morgan fingerprint density at radius 1 is 1.15 bits per heavy atom. The Hall–Kier alpha value is -4.01. The van der Waals surface area contributed by atoms with Crippen LogP contribution in [0, 0.1) is 6.92 Å². The number of amides is 1. The molecule has 5 rings (SSSR count). The third kappa shape index (κ3) is 4.68. The number of hydrogen-bond donors (Lipinski definition) is 1. The van der Waals surface area contributed by atoms with Crippen molar-refractivity contribution in [3.63, 3.8) is 0 Å². The van der Waals surface area contributed by atoms with Gasteiger partial charge >= 0.3 is 0 Å². The first kappa shape index (κ1) is 21.8. The summed E-state index contributed by atoms with van der Waals surface area (Å²) in [6.45, 7) is 3.59. The molecule has 1 saturated heterocycles. The van der Waals surface area contributed by atoms with Crippen molar-refractivity contribution in [2.24, 2.45) is 0 Å². The molecule has 4 aromatic rings. The van der Waals surface area contributed by atoms with Crippen molar-refractivity contribution < 1.29 is 9.53 Å². The predicted octanol–water partition coefficient (Wildman–Crippen LogP) is 2.66. The van der Waals surface area contributed by atoms with Crippen LogP contribution in [0.4, 0.5) is 0 Å². The van der Waals surface area contributed by atoms with E-state index in [2.05, 4.69) is 15.3 Å². The van der Waals surface area contributed by atoms with Gasteiger partial charge in [-0.25, -0.2) is 9.67 Å². The van der Waals surface area contributed by atoms with Crippen LogP contribution in [-0.4, -0.2) is 55.5 Å². The van der Waals surface area contributed by atoms with Gasteiger partial charge in [0, 0.05) is 19.0 Å². The van der Waals surface area contributed by atoms with Crippen LogP contribution in [-0.2, 0) is 11.3 Å². The lowest BCUT2D eigenvalue weighted by Crippen LogP contribution is -2.42. The summed E-state index contributed by atoms with van der Waals surface area (Å²) >= 11 is 0. The number of ether oxygens (including phenoxy) is 1. The quantitative estimate of drug-likeness (QED) is 0.476. The number of aryl methyl sites for hydroxylation is 1. The van der Waals surface area contributed by atoms with E-state index in [1.54, 1.807) is 9.58 Å². The van der Waals surface area contributed by atoms with E-state index in [1.165, 1.54) is 0 Å². The van der Waals surface area contributed by atoms with Crippen LogP contribution in [0.25, 0.3) is 11.2 Å². The van der Waals surface area contributed by atoms with Gasteiger partial charge in [0.1, 0.15) is 11.6 Å². The zero-order valence-corrected chi connectivity index (χ0v) is 19.0. The molecule has 1 atom stereocenters. The molecule has 0 bridgehead atoms. The highest BCUT2D eigenvalue weighted by atomic mass is 16.5. The number of carbonyl (C=O) groups excluding carboxylic acids is 1. The second kappa shape index (κ2) is 9.46. The van der Waals surface area contributed by atoms with Gasteiger partial charge in [0.15, 0.2) is 17.8 Å². The summed E-state index contributed by atoms with van der Waals surface area (Å²) in [5, 5.41) is 8.17. The van der Waals surface area contributed by atoms with Crippen molar-refractivity contribution >= 4 is 17.1 Å². The van der Waals surface area contributed by atoms with Gasteiger partial charge in [0.05, 0.1) is 6.54 Å². The van der Waals surface area contributed by atoms with Gasteiger partial charge in [-0.3, -0.25) is 9.59 Å². The standard InChI is InChI=1S/C25H26N6O3/c1-17-9-11-20(12-10-17)34-16-21(32)30-13-5-8-19(15-30)23-26-24-22(25(33)27-23)28-29-31(24)14-18-6-3-2-4-7-18/h2-4,6-7,9-12,19H,5,8,13-16H2,1H3,(H,26,27,33)/t19-/m0/s1. The molecule has 2 aromatic carbocycles. The third-order valence-electron chi connectivity index (χ3n) is 6.11. The van der Waals surface area contributed by atoms with E-state index in [0.717, 1.165) is 24.0 Å². The predicted molar refractivity (Wildman–Crippen MR) is 127 cm³/mol. The Morgan fingerprint density at radius 3 is 2.74 bits per heavy atom. The smallest absolute Gasteiger partial charge is 0.281 e. The van der Waals surface area contributed by atoms with E-state index < -0.39 is 0 Å². The Morgan fingerprint density at radius 2 is 1.94 bits per heavy atom. The fraction of sp³-hybridized carbons (Fsp3) is 0.320. The highest BCUT2D eigenvalue weighted by Gasteiger charge is 2.27. The molecule has 0 aliphatic carbocycles. The molecule has 1 aliphatic rings. The fourth-order valence-electron chi connectivity index (χ4n) is 4.24. The zero-order chi connectivity index (χ0) is 23.5. The minimum atomic E-state index is -0.314. The van der Waals surface area contributed by atoms with Crippen molar-refractivity contribution in [1.29, 1.82) is 0 Å². The van der Waals surface area contributed by atoms with Crippen LogP contribution >= 0.6 is 0 Å². The number of hydrogen-bond acceptors (Lipinski definition) is 6. The third-order valence-corrected chi connectivity index (χ3v) is 6.11. The zero-order valence-electron chi connectivity index (χ0n) is 19.0. The summed E-state index contributed by atoms with van der Waals surface area (Å²) in [6.07, 6.45) is 1.65. The molecule has 0 saturated carbocycles. The van der Waals surface area contributed by atoms with Crippen molar-refractivity contribution in [2.75, 3.05) is 19.7 Å². The molecule has 1 aliphatic heterocycles. The van der Waals surface area contributed by atoms with Gasteiger partial charge < -0.3 is 14.6 Å². The minimum absolute atomic E-state index is 0.0213. The van der Waals surface area contributed by atoms with Crippen LogP contribution in [0.1, 0.15) is 35.7 Å². The Labute approximate surface area is 196 Å². The molecule has 9 nitrogen and oxygen atoms in total. The summed E-state index contributed by atoms with van der Waals surface area (Å²) in [5.41, 5.74) is 2.53. The van der Waals surface area contributed by atoms with Crippen molar-refractivity contribution in [2.45, 2.75) is 32.2 Å². The van der Waals surface area contributed by atoms with E-state index in [4.69, 9.17) is 9.72 Å². The van der Waals surface area contributed by atoms with E-state index in [1.807, 2.05) is 61.5 Å². The fourth-order valence-corrected chi connectivity index (χ4v) is 4.24. The number of nitrogens with zero attached hydrogens (tertiary/aromatic N) is 5. The largest absolute Gasteiger partial charge is 0.484 e. The maximum Gasteiger partial charge on any atom is 0.281 e. The summed E-state index contributed by atoms with van der Waals surface area (Å²) in [5.74, 6) is 1.08. The Kier molecular flexibility index (Phi) is 6.07. The normalized spacial score (nSPS) is 16.0. The molecule has 0 radical (unpaired) electrons. The molecule has 2 aromatic heterocycles. The summed E-state index contributed by atoms with van der Waals surface area (Å²) in [4.78, 5) is 34.9. The summed E-state index contributed by atoms with van der Waals surface area (Å²) < 4.78 is 7.31. The Balaban J connectivity index is 1.31. The SMILES string of the molecule is Cc1ccc(OCC(=O)N2CCC[C@H](c3nc4c(nnn4Cc4ccccc4)c(=O)[nH]3)C2)cc1. The van der Waals surface area contributed by atoms with Crippen LogP contribution in [0.2, 0.25) is 0 Å². The number of rotatable bonds is 6. The van der Waals surface area contributed by atoms with Crippen molar-refractivity contribution in [3.05, 3.63) is 81.9 Å². The van der Waals surface area contributed by atoms with Crippen molar-refractivity contribution in [3.8, 4) is 5.75 Å². The Bertz CT molecular complexity index is 1350. The lowest BCUT2D eigenvalue weighted by molar-refractivity contribution is -0.134. The van der Waals surface area contributed by atoms with Gasteiger partial charge in [-0.2, -0.15) is 0 Å². The van der Waals surface area contributed by atoms with Gasteiger partial charge in [-0.1, -0.05) is 53.2 Å². The van der Waals surface area contributed by atoms with Gasteiger partial charge in [-0.15, -0.1) is 5.10 Å². The van der Waals surface area contributed by atoms with Crippen LogP contribution in [0.15, 0.2) is 59.4 Å². The molecule has 174 valence electrons. The maximum absolute atomic E-state index is 12.8. The lowest BCUT2D eigenvalue weighted by atomic mass is 9.97. The van der Waals surface area contributed by atoms with E-state index >= 15 is 0 Å². The maximum atomic E-state index is 12.8. The van der Waals surface area contributed by atoms with Gasteiger partial charge in [-0.05, 0) is 37.5 Å². The first-order valence-corrected chi connectivity index (χ1v) is 11.4. The molecule has 1 fully saturated rings. The number of likely N-dealkylation sites (tertiary alicyclic amines) is 1. The molecule has 1 amide bonds. The van der Waals surface area contributed by atoms with Crippen molar-refractivity contribution in [1.82, 2.24) is 29.9 Å². The molecule has 0 spiro atoms. The lowest BCUT2D eigenvalue weighted by Gasteiger charge is -2.32. The van der Waals surface area contributed by atoms with E-state index in [0.29, 0.717) is 36.9 Å². The molecular formula is C25H26N6O3. The first-order chi connectivity index (χ1) is 16.6. The van der Waals surface area contributed by atoms with Crippen LogP contribution in [0.3, 0.4) is 0 Å². The number of aromatic amines is 1. The average molecular weight is 459 g/mol. The van der Waals surface area contributed by atoms with Crippen LogP contribution < -0.4 is 10.3 Å². The molecular weight excluding hydrogens is 432 g/mol. The number of piperidine rings is 1. The first-order valence-electron chi connectivity index (χ1n) is 11.4. The molecule has 3 heterocycles. The number of benzene rings is 2. The number of nitrogens with one attached hydrogen (secondary N) is 1. The second-order valence-electron chi connectivity index (χ2n) is 8.64. The number of carbonyl (C=O) groups is 1. The molecule has 0 unspecified atom stereocenters. The van der Waals surface area contributed by atoms with Crippen LogP contribution in [0.5, 0.6) is 5.75 Å².